The van der Waals surface area contributed by atoms with Crippen LogP contribution in [0.3, 0.4) is 0 Å². The number of benzene rings is 1. The molecule has 1 atom stereocenters. The van der Waals surface area contributed by atoms with Crippen LogP contribution >= 0.6 is 0 Å². The second-order valence-corrected chi connectivity index (χ2v) is 4.18. The van der Waals surface area contributed by atoms with Gasteiger partial charge in [0, 0.05) is 0 Å². The van der Waals surface area contributed by atoms with Crippen molar-refractivity contribution in [2.45, 2.75) is 31.7 Å². The lowest BCUT2D eigenvalue weighted by Crippen LogP contribution is -2.48. The molecule has 1 aromatic rings. The van der Waals surface area contributed by atoms with Gasteiger partial charge in [0.1, 0.15) is 11.3 Å². The third-order valence-electron chi connectivity index (χ3n) is 3.33. The third kappa shape index (κ3) is 1.50. The smallest absolute Gasteiger partial charge is 0.329 e. The number of aromatic hydroxyl groups is 1. The Labute approximate surface area is 93.9 Å². The summed E-state index contributed by atoms with van der Waals surface area (Å²) in [5.74, 6) is -0.736. The third-order valence-corrected chi connectivity index (χ3v) is 3.33. The summed E-state index contributed by atoms with van der Waals surface area (Å²) in [6.45, 7) is 1.84. The van der Waals surface area contributed by atoms with Crippen LogP contribution in [-0.4, -0.2) is 21.7 Å². The normalized spacial score (nSPS) is 23.3. The van der Waals surface area contributed by atoms with Crippen LogP contribution < -0.4 is 5.32 Å². The predicted molar refractivity (Wildman–Crippen MR) is 60.7 cm³/mol. The molecule has 1 heterocycles. The van der Waals surface area contributed by atoms with Crippen LogP contribution in [0.25, 0.3) is 0 Å². The van der Waals surface area contributed by atoms with Gasteiger partial charge >= 0.3 is 5.97 Å². The Kier molecular flexibility index (Phi) is 2.50. The predicted octanol–water partition coefficient (Wildman–Crippen LogP) is 1.98. The molecule has 1 aliphatic heterocycles. The highest BCUT2D eigenvalue weighted by Gasteiger charge is 2.40. The zero-order valence-corrected chi connectivity index (χ0v) is 9.16. The number of phenols is 1. The Morgan fingerprint density at radius 2 is 2.31 bits per heavy atom. The van der Waals surface area contributed by atoms with E-state index in [1.54, 1.807) is 12.1 Å². The number of anilines is 1. The molecule has 0 spiro atoms. The molecule has 4 heteroatoms. The molecule has 0 saturated carbocycles. The fourth-order valence-electron chi connectivity index (χ4n) is 2.17. The number of para-hydroxylation sites is 1. The molecule has 86 valence electrons. The van der Waals surface area contributed by atoms with Crippen molar-refractivity contribution in [3.8, 4) is 5.75 Å². The number of rotatable bonds is 2. The monoisotopic (exact) mass is 221 g/mol. The second kappa shape index (κ2) is 3.70. The van der Waals surface area contributed by atoms with Gasteiger partial charge in [-0.25, -0.2) is 4.79 Å². The van der Waals surface area contributed by atoms with Gasteiger partial charge in [-0.3, -0.25) is 0 Å². The molecule has 1 aliphatic rings. The van der Waals surface area contributed by atoms with E-state index < -0.39 is 11.5 Å². The number of carboxylic acids is 1. The minimum absolute atomic E-state index is 0.122. The molecule has 3 N–H and O–H groups in total. The summed E-state index contributed by atoms with van der Waals surface area (Å²) in [5.41, 5.74) is 0.606. The van der Waals surface area contributed by atoms with Crippen LogP contribution in [0.5, 0.6) is 5.75 Å². The Morgan fingerprint density at radius 1 is 1.56 bits per heavy atom. The molecule has 0 radical (unpaired) electrons. The van der Waals surface area contributed by atoms with Crippen molar-refractivity contribution in [3.05, 3.63) is 23.8 Å². The fraction of sp³-hybridized carbons (Fsp3) is 0.417. The Morgan fingerprint density at radius 3 is 2.94 bits per heavy atom. The molecule has 0 aromatic heterocycles. The molecule has 4 nitrogen and oxygen atoms in total. The molecule has 0 aliphatic carbocycles. The molecule has 1 aromatic carbocycles. The van der Waals surface area contributed by atoms with Crippen molar-refractivity contribution in [2.75, 3.05) is 5.32 Å². The zero-order chi connectivity index (χ0) is 11.8. The van der Waals surface area contributed by atoms with Gasteiger partial charge in [0.05, 0.1) is 5.69 Å². The van der Waals surface area contributed by atoms with Crippen molar-refractivity contribution in [1.29, 1.82) is 0 Å². The number of nitrogens with one attached hydrogen (secondary N) is 1. The van der Waals surface area contributed by atoms with Crippen molar-refractivity contribution in [2.24, 2.45) is 0 Å². The summed E-state index contributed by atoms with van der Waals surface area (Å²) in [5, 5.41) is 21.9. The zero-order valence-electron chi connectivity index (χ0n) is 9.16. The van der Waals surface area contributed by atoms with Crippen LogP contribution in [0.2, 0.25) is 0 Å². The number of aryl methyl sites for hydroxylation is 1. The summed E-state index contributed by atoms with van der Waals surface area (Å²) in [4.78, 5) is 11.3. The van der Waals surface area contributed by atoms with E-state index in [2.05, 4.69) is 5.32 Å². The number of fused-ring (bicyclic) bond motifs is 1. The van der Waals surface area contributed by atoms with Crippen molar-refractivity contribution >= 4 is 11.7 Å². The fourth-order valence-corrected chi connectivity index (χ4v) is 2.17. The number of hydrogen-bond donors (Lipinski definition) is 3. The topological polar surface area (TPSA) is 69.6 Å². The number of carboxylic acid groups (broad SMARTS) is 1. The lowest BCUT2D eigenvalue weighted by atomic mass is 9.84. The quantitative estimate of drug-likeness (QED) is 0.668. The average Bonchev–Trinajstić information content (AvgIpc) is 2.29. The van der Waals surface area contributed by atoms with Gasteiger partial charge in [-0.1, -0.05) is 19.1 Å². The summed E-state index contributed by atoms with van der Waals surface area (Å²) in [7, 11) is 0. The molecule has 0 fully saturated rings. The molecule has 0 bridgehead atoms. The van der Waals surface area contributed by atoms with Gasteiger partial charge in [0.2, 0.25) is 0 Å². The first-order valence-electron chi connectivity index (χ1n) is 5.41. The van der Waals surface area contributed by atoms with E-state index >= 15 is 0 Å². The highest BCUT2D eigenvalue weighted by Crippen LogP contribution is 2.38. The van der Waals surface area contributed by atoms with Gasteiger partial charge in [0.15, 0.2) is 0 Å². The van der Waals surface area contributed by atoms with E-state index in [4.69, 9.17) is 0 Å². The average molecular weight is 221 g/mol. The standard InChI is InChI=1S/C12H15NO3/c1-2-12(11(15)16)7-6-8-4-3-5-9(14)10(8)13-12/h3-5,13-14H,2,6-7H2,1H3,(H,15,16). The summed E-state index contributed by atoms with van der Waals surface area (Å²) in [6, 6.07) is 5.25. The largest absolute Gasteiger partial charge is 0.506 e. The SMILES string of the molecule is CCC1(C(=O)O)CCc2cccc(O)c2N1. The van der Waals surface area contributed by atoms with Crippen LogP contribution in [0.1, 0.15) is 25.3 Å². The molecule has 0 amide bonds. The van der Waals surface area contributed by atoms with E-state index in [1.807, 2.05) is 13.0 Å². The van der Waals surface area contributed by atoms with Crippen LogP contribution in [0, 0.1) is 0 Å². The first-order chi connectivity index (χ1) is 7.59. The van der Waals surface area contributed by atoms with Crippen molar-refractivity contribution in [3.63, 3.8) is 0 Å². The summed E-state index contributed by atoms with van der Waals surface area (Å²) < 4.78 is 0. The Hall–Kier alpha value is -1.71. The van der Waals surface area contributed by atoms with Crippen molar-refractivity contribution in [1.82, 2.24) is 0 Å². The second-order valence-electron chi connectivity index (χ2n) is 4.18. The molecular formula is C12H15NO3. The highest BCUT2D eigenvalue weighted by atomic mass is 16.4. The number of aliphatic carboxylic acids is 1. The van der Waals surface area contributed by atoms with E-state index in [0.29, 0.717) is 24.9 Å². The van der Waals surface area contributed by atoms with E-state index in [-0.39, 0.29) is 5.75 Å². The summed E-state index contributed by atoms with van der Waals surface area (Å²) >= 11 is 0. The molecule has 16 heavy (non-hydrogen) atoms. The van der Waals surface area contributed by atoms with Crippen LogP contribution in [0.4, 0.5) is 5.69 Å². The Balaban J connectivity index is 2.42. The van der Waals surface area contributed by atoms with Gasteiger partial charge < -0.3 is 15.5 Å². The molecular weight excluding hydrogens is 206 g/mol. The van der Waals surface area contributed by atoms with Crippen LogP contribution in [0.15, 0.2) is 18.2 Å². The maximum atomic E-state index is 11.3. The van der Waals surface area contributed by atoms with E-state index in [1.165, 1.54) is 0 Å². The lowest BCUT2D eigenvalue weighted by molar-refractivity contribution is -0.142. The highest BCUT2D eigenvalue weighted by molar-refractivity contribution is 5.85. The Bertz CT molecular complexity index is 430. The van der Waals surface area contributed by atoms with Gasteiger partial charge in [-0.2, -0.15) is 0 Å². The number of hydrogen-bond acceptors (Lipinski definition) is 3. The van der Waals surface area contributed by atoms with Gasteiger partial charge in [0.25, 0.3) is 0 Å². The summed E-state index contributed by atoms with van der Waals surface area (Å²) in [6.07, 6.45) is 1.72. The number of carbonyl (C=O) groups is 1. The van der Waals surface area contributed by atoms with Crippen LogP contribution in [-0.2, 0) is 11.2 Å². The van der Waals surface area contributed by atoms with Gasteiger partial charge in [-0.05, 0) is 30.9 Å². The van der Waals surface area contributed by atoms with Crippen molar-refractivity contribution < 1.29 is 15.0 Å². The maximum Gasteiger partial charge on any atom is 0.329 e. The molecule has 2 rings (SSSR count). The minimum Gasteiger partial charge on any atom is -0.506 e. The van der Waals surface area contributed by atoms with E-state index in [9.17, 15) is 15.0 Å². The first-order valence-corrected chi connectivity index (χ1v) is 5.41. The van der Waals surface area contributed by atoms with Gasteiger partial charge in [-0.15, -0.1) is 0 Å². The first kappa shape index (κ1) is 10.8. The molecule has 1 unspecified atom stereocenters. The lowest BCUT2D eigenvalue weighted by Gasteiger charge is -2.35. The maximum absolute atomic E-state index is 11.3. The van der Waals surface area contributed by atoms with E-state index in [0.717, 1.165) is 5.56 Å². The molecule has 0 saturated heterocycles. The number of phenolic OH excluding ortho intramolecular Hbond substituents is 1. The minimum atomic E-state index is -0.939.